The van der Waals surface area contributed by atoms with Gasteiger partial charge in [0.2, 0.25) is 0 Å². The van der Waals surface area contributed by atoms with Crippen LogP contribution in [0.5, 0.6) is 0 Å². The monoisotopic (exact) mass is 275 g/mol. The Morgan fingerprint density at radius 3 is 2.63 bits per heavy atom. The zero-order valence-electron chi connectivity index (χ0n) is 11.3. The van der Waals surface area contributed by atoms with Gasteiger partial charge in [0.15, 0.2) is 0 Å². The molecule has 0 unspecified atom stereocenters. The molecule has 3 nitrogen and oxygen atoms in total. The second-order valence-corrected chi connectivity index (χ2v) is 5.40. The van der Waals surface area contributed by atoms with E-state index in [9.17, 15) is 13.2 Å². The second kappa shape index (κ2) is 5.53. The van der Waals surface area contributed by atoms with Gasteiger partial charge in [-0.3, -0.25) is 5.10 Å². The Labute approximate surface area is 111 Å². The van der Waals surface area contributed by atoms with Crippen LogP contribution in [0.25, 0.3) is 0 Å². The lowest BCUT2D eigenvalue weighted by Crippen LogP contribution is -2.38. The van der Waals surface area contributed by atoms with Crippen LogP contribution in [-0.4, -0.2) is 22.4 Å². The first-order chi connectivity index (χ1) is 8.88. The van der Waals surface area contributed by atoms with Crippen LogP contribution in [-0.2, 0) is 6.54 Å². The molecule has 6 heteroatoms. The summed E-state index contributed by atoms with van der Waals surface area (Å²) in [6.45, 7) is 4.42. The highest BCUT2D eigenvalue weighted by atomic mass is 19.4. The number of nitrogens with zero attached hydrogens (tertiary/aromatic N) is 1. The number of aromatic nitrogens is 2. The Kier molecular flexibility index (Phi) is 4.18. The summed E-state index contributed by atoms with van der Waals surface area (Å²) in [5.41, 5.74) is 2.95. The van der Waals surface area contributed by atoms with Crippen LogP contribution < -0.4 is 5.32 Å². The number of nitrogens with one attached hydrogen (secondary N) is 2. The third-order valence-electron chi connectivity index (χ3n) is 3.99. The van der Waals surface area contributed by atoms with Gasteiger partial charge in [0.05, 0.1) is 11.6 Å². The number of alkyl halides is 3. The molecule has 2 N–H and O–H groups in total. The molecule has 1 fully saturated rings. The average Bonchev–Trinajstić information content (AvgIpc) is 2.66. The van der Waals surface area contributed by atoms with E-state index < -0.39 is 12.1 Å². The minimum Gasteiger partial charge on any atom is -0.310 e. The lowest BCUT2D eigenvalue weighted by atomic mass is 9.85. The molecule has 1 aliphatic rings. The lowest BCUT2D eigenvalue weighted by Gasteiger charge is -2.31. The van der Waals surface area contributed by atoms with Gasteiger partial charge in [-0.1, -0.05) is 6.42 Å². The maximum absolute atomic E-state index is 12.7. The van der Waals surface area contributed by atoms with Gasteiger partial charge in [0.25, 0.3) is 0 Å². The first-order valence-corrected chi connectivity index (χ1v) is 6.68. The Hall–Kier alpha value is -1.04. The highest BCUT2D eigenvalue weighted by Gasteiger charge is 2.41. The summed E-state index contributed by atoms with van der Waals surface area (Å²) in [4.78, 5) is 0. The zero-order chi connectivity index (χ0) is 14.0. The van der Waals surface area contributed by atoms with Gasteiger partial charge in [0.1, 0.15) is 0 Å². The summed E-state index contributed by atoms with van der Waals surface area (Å²) in [5.74, 6) is -1.15. The summed E-state index contributed by atoms with van der Waals surface area (Å²) in [6.07, 6.45) is -2.12. The third-order valence-corrected chi connectivity index (χ3v) is 3.99. The van der Waals surface area contributed by atoms with Crippen LogP contribution in [0, 0.1) is 19.8 Å². The molecule has 0 amide bonds. The average molecular weight is 275 g/mol. The van der Waals surface area contributed by atoms with E-state index in [1.54, 1.807) is 0 Å². The maximum atomic E-state index is 12.7. The van der Waals surface area contributed by atoms with Crippen molar-refractivity contribution < 1.29 is 13.2 Å². The predicted octanol–water partition coefficient (Wildman–Crippen LogP) is 3.24. The first kappa shape index (κ1) is 14.4. The highest BCUT2D eigenvalue weighted by Crippen LogP contribution is 2.37. The summed E-state index contributed by atoms with van der Waals surface area (Å²) < 4.78 is 38.1. The van der Waals surface area contributed by atoms with Gasteiger partial charge in [-0.05, 0) is 33.1 Å². The van der Waals surface area contributed by atoms with E-state index in [0.717, 1.165) is 23.4 Å². The van der Waals surface area contributed by atoms with Gasteiger partial charge in [-0.2, -0.15) is 18.3 Å². The van der Waals surface area contributed by atoms with Crippen molar-refractivity contribution in [2.75, 3.05) is 0 Å². The minimum atomic E-state index is -4.05. The van der Waals surface area contributed by atoms with Gasteiger partial charge in [-0.25, -0.2) is 0 Å². The molecule has 0 aliphatic heterocycles. The number of H-pyrrole nitrogens is 1. The number of rotatable bonds is 3. The fourth-order valence-corrected chi connectivity index (χ4v) is 2.75. The Morgan fingerprint density at radius 2 is 2.05 bits per heavy atom. The molecule has 0 saturated heterocycles. The summed E-state index contributed by atoms with van der Waals surface area (Å²) in [7, 11) is 0. The minimum absolute atomic E-state index is 0.0472. The molecule has 2 atom stereocenters. The molecule has 1 aliphatic carbocycles. The molecule has 1 heterocycles. The SMILES string of the molecule is Cc1n[nH]c(C)c1CN[C@@H]1CCC[C@H](C(F)(F)F)C1. The van der Waals surface area contributed by atoms with Crippen molar-refractivity contribution in [1.29, 1.82) is 0 Å². The molecule has 0 bridgehead atoms. The van der Waals surface area contributed by atoms with Crippen LogP contribution in [0.4, 0.5) is 13.2 Å². The van der Waals surface area contributed by atoms with Crippen LogP contribution in [0.1, 0.15) is 42.6 Å². The topological polar surface area (TPSA) is 40.7 Å². The van der Waals surface area contributed by atoms with Crippen LogP contribution in [0.3, 0.4) is 0 Å². The Balaban J connectivity index is 1.90. The number of halogens is 3. The maximum Gasteiger partial charge on any atom is 0.391 e. The van der Waals surface area contributed by atoms with Gasteiger partial charge in [-0.15, -0.1) is 0 Å². The quantitative estimate of drug-likeness (QED) is 0.889. The second-order valence-electron chi connectivity index (χ2n) is 5.40. The standard InChI is InChI=1S/C13H20F3N3/c1-8-12(9(2)19-18-8)7-17-11-5-3-4-10(6-11)13(14,15)16/h10-11,17H,3-7H2,1-2H3,(H,18,19)/t10-,11+/m0/s1. The van der Waals surface area contributed by atoms with E-state index in [4.69, 9.17) is 0 Å². The van der Waals surface area contributed by atoms with Gasteiger partial charge in [0, 0.05) is 23.8 Å². The molecule has 1 aromatic rings. The number of hydrogen-bond acceptors (Lipinski definition) is 2. The van der Waals surface area contributed by atoms with Crippen molar-refractivity contribution in [3.05, 3.63) is 17.0 Å². The fraction of sp³-hybridized carbons (Fsp3) is 0.769. The Morgan fingerprint density at radius 1 is 1.32 bits per heavy atom. The van der Waals surface area contributed by atoms with E-state index in [1.807, 2.05) is 13.8 Å². The smallest absolute Gasteiger partial charge is 0.310 e. The van der Waals surface area contributed by atoms with Gasteiger partial charge >= 0.3 is 6.18 Å². The molecule has 1 saturated carbocycles. The van der Waals surface area contributed by atoms with Crippen molar-refractivity contribution in [2.45, 2.75) is 58.3 Å². The molecule has 19 heavy (non-hydrogen) atoms. The van der Waals surface area contributed by atoms with E-state index in [1.165, 1.54) is 0 Å². The van der Waals surface area contributed by atoms with E-state index in [0.29, 0.717) is 13.0 Å². The van der Waals surface area contributed by atoms with Crippen molar-refractivity contribution in [3.63, 3.8) is 0 Å². The third kappa shape index (κ3) is 3.49. The van der Waals surface area contributed by atoms with Crippen molar-refractivity contribution in [1.82, 2.24) is 15.5 Å². The molecule has 108 valence electrons. The lowest BCUT2D eigenvalue weighted by molar-refractivity contribution is -0.183. The van der Waals surface area contributed by atoms with Gasteiger partial charge < -0.3 is 5.32 Å². The molecular formula is C13H20F3N3. The number of hydrogen-bond donors (Lipinski definition) is 2. The van der Waals surface area contributed by atoms with Crippen molar-refractivity contribution in [3.8, 4) is 0 Å². The fourth-order valence-electron chi connectivity index (χ4n) is 2.75. The molecular weight excluding hydrogens is 255 g/mol. The number of aryl methyl sites for hydroxylation is 2. The Bertz CT molecular complexity index is 406. The van der Waals surface area contributed by atoms with Crippen LogP contribution in [0.15, 0.2) is 0 Å². The highest BCUT2D eigenvalue weighted by molar-refractivity contribution is 5.22. The molecule has 0 spiro atoms. The van der Waals surface area contributed by atoms with Crippen molar-refractivity contribution >= 4 is 0 Å². The van der Waals surface area contributed by atoms with E-state index >= 15 is 0 Å². The van der Waals surface area contributed by atoms with E-state index in [-0.39, 0.29) is 18.9 Å². The molecule has 2 rings (SSSR count). The molecule has 0 aromatic carbocycles. The van der Waals surface area contributed by atoms with Crippen LogP contribution >= 0.6 is 0 Å². The predicted molar refractivity (Wildman–Crippen MR) is 66.7 cm³/mol. The summed E-state index contributed by atoms with van der Waals surface area (Å²) in [5, 5.41) is 10.2. The van der Waals surface area contributed by atoms with E-state index in [2.05, 4.69) is 15.5 Å². The molecule has 0 radical (unpaired) electrons. The zero-order valence-corrected chi connectivity index (χ0v) is 11.3. The first-order valence-electron chi connectivity index (χ1n) is 6.68. The summed E-state index contributed by atoms with van der Waals surface area (Å²) in [6, 6.07) is -0.0472. The summed E-state index contributed by atoms with van der Waals surface area (Å²) >= 11 is 0. The van der Waals surface area contributed by atoms with Crippen molar-refractivity contribution in [2.24, 2.45) is 5.92 Å². The largest absolute Gasteiger partial charge is 0.391 e. The number of aromatic amines is 1. The normalized spacial score (nSPS) is 24.7. The van der Waals surface area contributed by atoms with Crippen LogP contribution in [0.2, 0.25) is 0 Å². The molecule has 1 aromatic heterocycles.